The van der Waals surface area contributed by atoms with Crippen molar-refractivity contribution in [2.75, 3.05) is 80.0 Å². The standard InChI is InChI=1S/3C25H54N.3C6HF5O3S/c3*1-5-8-11-14-17-20-23-26(4,24-21-18-15-12-9-6-2)25-22-19-16-13-10-7-3;3*7-1-2(8)4(10)6(15(12,13)14)5(11)3(1)9/h3*5-25H2,1-4H3;3*(H,12,13,14)/q3*+1;;;/p-3. The third-order valence-electron chi connectivity index (χ3n) is 22.7. The van der Waals surface area contributed by atoms with E-state index < -0.39 is 132 Å². The van der Waals surface area contributed by atoms with Crippen molar-refractivity contribution >= 4 is 30.4 Å². The minimum atomic E-state index is -5.77. The van der Waals surface area contributed by atoms with Crippen LogP contribution in [0, 0.1) is 87.3 Å². The van der Waals surface area contributed by atoms with Gasteiger partial charge in [-0.05, 0) is 116 Å². The number of hydrogen-bond donors (Lipinski definition) is 0. The van der Waals surface area contributed by atoms with Crippen molar-refractivity contribution in [1.29, 1.82) is 0 Å². The van der Waals surface area contributed by atoms with E-state index in [1.807, 2.05) is 0 Å². The predicted octanol–water partition coefficient (Wildman–Crippen LogP) is 29.4. The predicted molar refractivity (Wildman–Crippen MR) is 465 cm³/mol. The van der Waals surface area contributed by atoms with Gasteiger partial charge in [0.15, 0.2) is 69.8 Å². The zero-order valence-electron chi connectivity index (χ0n) is 77.5. The fraction of sp³-hybridized carbons (Fsp3) is 0.806. The second-order valence-electron chi connectivity index (χ2n) is 34.3. The van der Waals surface area contributed by atoms with Crippen molar-refractivity contribution < 1.29 is 118 Å². The number of unbranched alkanes of at least 4 members (excludes halogenated alkanes) is 45. The lowest BCUT2D eigenvalue weighted by Gasteiger charge is -2.35. The average molecular weight is 1850 g/mol. The van der Waals surface area contributed by atoms with E-state index in [9.17, 15) is 105 Å². The fourth-order valence-corrected chi connectivity index (χ4v) is 16.7. The topological polar surface area (TPSA) is 172 Å². The van der Waals surface area contributed by atoms with Gasteiger partial charge in [-0.25, -0.2) is 91.1 Å². The number of benzene rings is 3. The van der Waals surface area contributed by atoms with Crippen LogP contribution in [-0.2, 0) is 30.4 Å². The molecular formula is C93H162F15N3O9S3. The molecule has 0 saturated heterocycles. The van der Waals surface area contributed by atoms with Crippen LogP contribution >= 0.6 is 0 Å². The van der Waals surface area contributed by atoms with Crippen LogP contribution < -0.4 is 0 Å². The second-order valence-corrected chi connectivity index (χ2v) is 38.3. The Bertz CT molecular complexity index is 2980. The Hall–Kier alpha value is -3.78. The molecule has 0 unspecified atom stereocenters. The second kappa shape index (κ2) is 73.0. The highest BCUT2D eigenvalue weighted by molar-refractivity contribution is 7.86. The fourth-order valence-electron chi connectivity index (χ4n) is 14.9. The molecule has 3 aromatic carbocycles. The summed E-state index contributed by atoms with van der Waals surface area (Å²) < 4.78 is 283. The molecule has 0 heterocycles. The van der Waals surface area contributed by atoms with Crippen molar-refractivity contribution in [3.05, 3.63) is 87.3 Å². The highest BCUT2D eigenvalue weighted by atomic mass is 32.2. The molecule has 0 radical (unpaired) electrons. The number of halogens is 15. The van der Waals surface area contributed by atoms with Gasteiger partial charge in [0.2, 0.25) is 17.5 Å². The molecule has 0 aromatic heterocycles. The van der Waals surface area contributed by atoms with Crippen molar-refractivity contribution in [2.45, 2.75) is 424 Å². The maximum atomic E-state index is 12.6. The maximum absolute atomic E-state index is 12.6. The van der Waals surface area contributed by atoms with E-state index in [0.717, 1.165) is 0 Å². The molecule has 0 atom stereocenters. The summed E-state index contributed by atoms with van der Waals surface area (Å²) in [6, 6.07) is 0. The molecule has 12 nitrogen and oxygen atoms in total. The van der Waals surface area contributed by atoms with E-state index in [0.29, 0.717) is 0 Å². The minimum absolute atomic E-state index is 1.36. The molecule has 0 aliphatic heterocycles. The normalized spacial score (nSPS) is 12.0. The van der Waals surface area contributed by atoms with E-state index in [1.165, 1.54) is 419 Å². The van der Waals surface area contributed by atoms with Crippen molar-refractivity contribution in [1.82, 2.24) is 0 Å². The Balaban J connectivity index is -0.00000143. The van der Waals surface area contributed by atoms with Gasteiger partial charge in [-0.2, -0.15) is 0 Å². The first-order valence-electron chi connectivity index (χ1n) is 47.0. The van der Waals surface area contributed by atoms with Gasteiger partial charge in [-0.15, -0.1) is 0 Å². The molecule has 0 bridgehead atoms. The summed E-state index contributed by atoms with van der Waals surface area (Å²) in [5.74, 6) is -38.5. The van der Waals surface area contributed by atoms with E-state index in [-0.39, 0.29) is 0 Å². The Labute approximate surface area is 735 Å². The molecule has 3 aromatic rings. The van der Waals surface area contributed by atoms with Crippen molar-refractivity contribution in [3.8, 4) is 0 Å². The first kappa shape index (κ1) is 123. The van der Waals surface area contributed by atoms with Gasteiger partial charge in [0.05, 0.1) is 80.0 Å². The third kappa shape index (κ3) is 57.1. The Morgan fingerprint density at radius 2 is 0.244 bits per heavy atom. The van der Waals surface area contributed by atoms with Crippen LogP contribution in [0.4, 0.5) is 65.9 Å². The van der Waals surface area contributed by atoms with E-state index in [2.05, 4.69) is 83.5 Å². The number of hydrogen-bond acceptors (Lipinski definition) is 9. The molecule has 0 amide bonds. The first-order chi connectivity index (χ1) is 58.1. The third-order valence-corrected chi connectivity index (χ3v) is 25.3. The van der Waals surface area contributed by atoms with Crippen LogP contribution in [0.1, 0.15) is 409 Å². The lowest BCUT2D eigenvalue weighted by molar-refractivity contribution is -0.910. The number of rotatable bonds is 66. The van der Waals surface area contributed by atoms with E-state index in [4.69, 9.17) is 0 Å². The monoisotopic (exact) mass is 1850 g/mol. The largest absolute Gasteiger partial charge is 0.744 e. The van der Waals surface area contributed by atoms with E-state index in [1.54, 1.807) is 0 Å². The van der Waals surface area contributed by atoms with Crippen LogP contribution in [0.2, 0.25) is 0 Å². The summed E-state index contributed by atoms with van der Waals surface area (Å²) in [6.07, 6.45) is 77.6. The van der Waals surface area contributed by atoms with Crippen molar-refractivity contribution in [3.63, 3.8) is 0 Å². The SMILES string of the molecule is CCCCCCCC[N+](C)(CCCCCCCC)CCCCCCCC.CCCCCCCC[N+](C)(CCCCCCCC)CCCCCCCC.CCCCCCCC[N+](C)(CCCCCCCC)CCCCCCCC.O=S(=O)([O-])c1c(F)c(F)c(F)c(F)c1F.O=S(=O)([O-])c1c(F)c(F)c(F)c(F)c1F.O=S(=O)([O-])c1c(F)c(F)c(F)c(F)c1F. The smallest absolute Gasteiger partial charge is 0.200 e. The lowest BCUT2D eigenvalue weighted by atomic mass is 10.1. The zero-order valence-corrected chi connectivity index (χ0v) is 79.9. The molecule has 0 N–H and O–H groups in total. The number of nitrogens with zero attached hydrogens (tertiary/aromatic N) is 3. The van der Waals surface area contributed by atoms with E-state index >= 15 is 0 Å². The lowest BCUT2D eigenvalue weighted by Crippen LogP contribution is -2.46. The molecule has 0 aliphatic carbocycles. The molecule has 3 rings (SSSR count). The summed E-state index contributed by atoms with van der Waals surface area (Å²) in [6.45, 7) is 33.7. The molecule has 726 valence electrons. The molecule has 30 heteroatoms. The minimum Gasteiger partial charge on any atom is -0.744 e. The highest BCUT2D eigenvalue weighted by Crippen LogP contribution is 2.31. The molecule has 0 fully saturated rings. The molecule has 0 saturated carbocycles. The first-order valence-corrected chi connectivity index (χ1v) is 51.2. The van der Waals surface area contributed by atoms with Gasteiger partial charge in [-0.1, -0.05) is 293 Å². The van der Waals surface area contributed by atoms with Crippen LogP contribution in [0.5, 0.6) is 0 Å². The molecule has 123 heavy (non-hydrogen) atoms. The van der Waals surface area contributed by atoms with Gasteiger partial charge >= 0.3 is 0 Å². The summed E-state index contributed by atoms with van der Waals surface area (Å²) in [5.41, 5.74) is 0. The van der Waals surface area contributed by atoms with Crippen LogP contribution in [0.15, 0.2) is 14.7 Å². The van der Waals surface area contributed by atoms with Gasteiger partial charge in [0.1, 0.15) is 45.0 Å². The van der Waals surface area contributed by atoms with Gasteiger partial charge < -0.3 is 27.1 Å². The number of quaternary nitrogens is 3. The van der Waals surface area contributed by atoms with Gasteiger partial charge in [0, 0.05) is 0 Å². The van der Waals surface area contributed by atoms with Crippen LogP contribution in [0.3, 0.4) is 0 Å². The Kier molecular flexibility index (Phi) is 73.2. The maximum Gasteiger partial charge on any atom is 0.200 e. The summed E-state index contributed by atoms with van der Waals surface area (Å²) in [5, 5.41) is 0. The van der Waals surface area contributed by atoms with Gasteiger partial charge in [0.25, 0.3) is 0 Å². The quantitative estimate of drug-likeness (QED) is 0.0133. The summed E-state index contributed by atoms with van der Waals surface area (Å²) in [7, 11) is -9.64. The summed E-state index contributed by atoms with van der Waals surface area (Å²) in [4.78, 5) is -7.13. The van der Waals surface area contributed by atoms with Crippen LogP contribution in [0.25, 0.3) is 0 Å². The Morgan fingerprint density at radius 1 is 0.163 bits per heavy atom. The van der Waals surface area contributed by atoms with Crippen LogP contribution in [-0.4, -0.2) is 132 Å². The summed E-state index contributed by atoms with van der Waals surface area (Å²) >= 11 is 0. The average Bonchev–Trinajstić information content (AvgIpc) is 0.787. The zero-order chi connectivity index (χ0) is 93.9. The molecule has 0 aliphatic rings. The van der Waals surface area contributed by atoms with Gasteiger partial charge in [-0.3, -0.25) is 0 Å². The highest BCUT2D eigenvalue weighted by Gasteiger charge is 2.33. The van der Waals surface area contributed by atoms with Crippen molar-refractivity contribution in [2.24, 2.45) is 0 Å². The molecule has 0 spiro atoms. The molecular weight excluding hydrogens is 1680 g/mol. The Morgan fingerprint density at radius 3 is 0.333 bits per heavy atom.